The van der Waals surface area contributed by atoms with Crippen LogP contribution < -0.4 is 4.74 Å². The number of phenolic OH excluding ortho intramolecular Hbond substituents is 1. The first-order valence-electron chi connectivity index (χ1n) is 5.20. The molecular formula is C13H8F4O2. The smallest absolute Gasteiger partial charge is 0.508 e. The average Bonchev–Trinajstić information content (AvgIpc) is 2.26. The van der Waals surface area contributed by atoms with Gasteiger partial charge in [-0.2, -0.15) is 0 Å². The zero-order valence-electron chi connectivity index (χ0n) is 9.41. The Balaban J connectivity index is 2.51. The number of hydrogen-bond acceptors (Lipinski definition) is 2. The number of hydrogen-bond donors (Lipinski definition) is 1. The molecule has 0 amide bonds. The van der Waals surface area contributed by atoms with Gasteiger partial charge in [0.2, 0.25) is 0 Å². The van der Waals surface area contributed by atoms with E-state index in [2.05, 4.69) is 4.74 Å². The topological polar surface area (TPSA) is 29.5 Å². The van der Waals surface area contributed by atoms with Crippen LogP contribution in [-0.2, 0) is 0 Å². The SMILES string of the molecule is Oc1ccc(-c2cccc(F)c2)c(OC(F)(F)F)c1. The third kappa shape index (κ3) is 3.37. The standard InChI is InChI=1S/C13H8F4O2/c14-9-3-1-2-8(6-9)11-5-4-10(18)7-12(11)19-13(15,16)17/h1-7,18H. The molecule has 2 aromatic carbocycles. The molecule has 0 bridgehead atoms. The molecule has 100 valence electrons. The Morgan fingerprint density at radius 2 is 1.74 bits per heavy atom. The Hall–Kier alpha value is -2.24. The molecule has 19 heavy (non-hydrogen) atoms. The van der Waals surface area contributed by atoms with Gasteiger partial charge in [0.1, 0.15) is 17.3 Å². The summed E-state index contributed by atoms with van der Waals surface area (Å²) in [6, 6.07) is 8.32. The molecule has 0 spiro atoms. The lowest BCUT2D eigenvalue weighted by atomic mass is 10.0. The summed E-state index contributed by atoms with van der Waals surface area (Å²) in [5, 5.41) is 9.21. The fraction of sp³-hybridized carbons (Fsp3) is 0.0769. The fourth-order valence-electron chi connectivity index (χ4n) is 1.61. The lowest BCUT2D eigenvalue weighted by Crippen LogP contribution is -2.17. The predicted molar refractivity (Wildman–Crippen MR) is 60.2 cm³/mol. The van der Waals surface area contributed by atoms with Crippen LogP contribution in [0.5, 0.6) is 11.5 Å². The van der Waals surface area contributed by atoms with Crippen LogP contribution in [0.1, 0.15) is 0 Å². The lowest BCUT2D eigenvalue weighted by molar-refractivity contribution is -0.274. The maximum absolute atomic E-state index is 13.1. The molecule has 0 aliphatic rings. The molecule has 0 saturated heterocycles. The Morgan fingerprint density at radius 1 is 1.00 bits per heavy atom. The van der Waals surface area contributed by atoms with E-state index in [1.165, 1.54) is 30.3 Å². The minimum Gasteiger partial charge on any atom is -0.508 e. The summed E-state index contributed by atoms with van der Waals surface area (Å²) in [7, 11) is 0. The highest BCUT2D eigenvalue weighted by Gasteiger charge is 2.32. The van der Waals surface area contributed by atoms with Crippen molar-refractivity contribution >= 4 is 0 Å². The van der Waals surface area contributed by atoms with Crippen molar-refractivity contribution in [2.75, 3.05) is 0 Å². The van der Waals surface area contributed by atoms with Crippen molar-refractivity contribution in [3.05, 3.63) is 48.3 Å². The van der Waals surface area contributed by atoms with Crippen LogP contribution in [0, 0.1) is 5.82 Å². The van der Waals surface area contributed by atoms with Gasteiger partial charge in [-0.25, -0.2) is 4.39 Å². The molecule has 1 N–H and O–H groups in total. The molecule has 6 heteroatoms. The van der Waals surface area contributed by atoms with E-state index >= 15 is 0 Å². The number of alkyl halides is 3. The number of phenols is 1. The summed E-state index contributed by atoms with van der Waals surface area (Å²) in [6.07, 6.45) is -4.89. The van der Waals surface area contributed by atoms with E-state index in [1.807, 2.05) is 0 Å². The quantitative estimate of drug-likeness (QED) is 0.834. The third-order valence-electron chi connectivity index (χ3n) is 2.33. The number of halogens is 4. The number of aromatic hydroxyl groups is 1. The predicted octanol–water partition coefficient (Wildman–Crippen LogP) is 4.10. The summed E-state index contributed by atoms with van der Waals surface area (Å²) in [5.41, 5.74) is 0.258. The number of rotatable bonds is 2. The molecule has 2 aromatic rings. The minimum atomic E-state index is -4.89. The van der Waals surface area contributed by atoms with Crippen molar-refractivity contribution < 1.29 is 27.4 Å². The highest BCUT2D eigenvalue weighted by molar-refractivity contribution is 5.71. The zero-order valence-corrected chi connectivity index (χ0v) is 9.41. The normalized spacial score (nSPS) is 11.4. The van der Waals surface area contributed by atoms with E-state index in [0.717, 1.165) is 12.1 Å². The van der Waals surface area contributed by atoms with E-state index in [4.69, 9.17) is 0 Å². The van der Waals surface area contributed by atoms with Gasteiger partial charge in [0.05, 0.1) is 0 Å². The summed E-state index contributed by atoms with van der Waals surface area (Å²) >= 11 is 0. The minimum absolute atomic E-state index is 0.0367. The van der Waals surface area contributed by atoms with Crippen LogP contribution >= 0.6 is 0 Å². The first kappa shape index (κ1) is 13.2. The van der Waals surface area contributed by atoms with Crippen molar-refractivity contribution in [1.29, 1.82) is 0 Å². The number of benzene rings is 2. The van der Waals surface area contributed by atoms with Gasteiger partial charge in [0, 0.05) is 11.6 Å². The van der Waals surface area contributed by atoms with Crippen LogP contribution in [0.25, 0.3) is 11.1 Å². The molecule has 2 rings (SSSR count). The van der Waals surface area contributed by atoms with Crippen molar-refractivity contribution in [2.45, 2.75) is 6.36 Å². The van der Waals surface area contributed by atoms with Gasteiger partial charge in [-0.15, -0.1) is 13.2 Å². The second kappa shape index (κ2) is 4.79. The summed E-state index contributed by atoms with van der Waals surface area (Å²) in [4.78, 5) is 0. The van der Waals surface area contributed by atoms with Crippen LogP contribution in [-0.4, -0.2) is 11.5 Å². The van der Waals surface area contributed by atoms with Crippen LogP contribution in [0.2, 0.25) is 0 Å². The van der Waals surface area contributed by atoms with Crippen LogP contribution in [0.4, 0.5) is 17.6 Å². The van der Waals surface area contributed by atoms with Crippen molar-refractivity contribution in [2.24, 2.45) is 0 Å². The monoisotopic (exact) mass is 272 g/mol. The maximum Gasteiger partial charge on any atom is 0.573 e. The summed E-state index contributed by atoms with van der Waals surface area (Å²) in [5.74, 6) is -1.54. The molecule has 0 aromatic heterocycles. The van der Waals surface area contributed by atoms with Crippen molar-refractivity contribution in [3.63, 3.8) is 0 Å². The van der Waals surface area contributed by atoms with Gasteiger partial charge in [0.15, 0.2) is 0 Å². The average molecular weight is 272 g/mol. The van der Waals surface area contributed by atoms with Crippen molar-refractivity contribution in [1.82, 2.24) is 0 Å². The van der Waals surface area contributed by atoms with Crippen LogP contribution in [0.15, 0.2) is 42.5 Å². The summed E-state index contributed by atoms with van der Waals surface area (Å²) in [6.45, 7) is 0. The fourth-order valence-corrected chi connectivity index (χ4v) is 1.61. The molecule has 0 atom stereocenters. The van der Waals surface area contributed by atoms with E-state index in [1.54, 1.807) is 0 Å². The lowest BCUT2D eigenvalue weighted by Gasteiger charge is -2.13. The second-order valence-electron chi connectivity index (χ2n) is 3.74. The van der Waals surface area contributed by atoms with E-state index in [0.29, 0.717) is 0 Å². The maximum atomic E-state index is 13.1. The van der Waals surface area contributed by atoms with Crippen molar-refractivity contribution in [3.8, 4) is 22.6 Å². The number of ether oxygens (including phenoxy) is 1. The Bertz CT molecular complexity index is 593. The highest BCUT2D eigenvalue weighted by Crippen LogP contribution is 2.36. The van der Waals surface area contributed by atoms with Gasteiger partial charge >= 0.3 is 6.36 Å². The molecular weight excluding hydrogens is 264 g/mol. The van der Waals surface area contributed by atoms with Gasteiger partial charge in [0.25, 0.3) is 0 Å². The zero-order chi connectivity index (χ0) is 14.0. The first-order valence-corrected chi connectivity index (χ1v) is 5.20. The molecule has 0 saturated carbocycles. The first-order chi connectivity index (χ1) is 8.85. The molecule has 0 fully saturated rings. The second-order valence-corrected chi connectivity index (χ2v) is 3.74. The Labute approximate surface area is 105 Å². The molecule has 2 nitrogen and oxygen atoms in total. The largest absolute Gasteiger partial charge is 0.573 e. The van der Waals surface area contributed by atoms with Gasteiger partial charge < -0.3 is 9.84 Å². The third-order valence-corrected chi connectivity index (χ3v) is 2.33. The molecule has 0 unspecified atom stereocenters. The van der Waals surface area contributed by atoms with Gasteiger partial charge in [-0.05, 0) is 29.8 Å². The molecule has 0 heterocycles. The van der Waals surface area contributed by atoms with Crippen LogP contribution in [0.3, 0.4) is 0 Å². The molecule has 0 radical (unpaired) electrons. The summed E-state index contributed by atoms with van der Waals surface area (Å²) < 4.78 is 53.7. The highest BCUT2D eigenvalue weighted by atomic mass is 19.4. The molecule has 0 aliphatic carbocycles. The Kier molecular flexibility index (Phi) is 3.33. The van der Waals surface area contributed by atoms with Gasteiger partial charge in [-0.3, -0.25) is 0 Å². The van der Waals surface area contributed by atoms with E-state index in [-0.39, 0.29) is 16.9 Å². The van der Waals surface area contributed by atoms with E-state index in [9.17, 15) is 22.7 Å². The molecule has 0 aliphatic heterocycles. The Morgan fingerprint density at radius 3 is 2.37 bits per heavy atom. The van der Waals surface area contributed by atoms with Gasteiger partial charge in [-0.1, -0.05) is 12.1 Å². The van der Waals surface area contributed by atoms with E-state index < -0.39 is 17.9 Å².